The number of nitrogens with one attached hydrogen (secondary N) is 1. The second-order valence-corrected chi connectivity index (χ2v) is 12.3. The molecule has 46 heavy (non-hydrogen) atoms. The van der Waals surface area contributed by atoms with Crippen molar-refractivity contribution in [2.75, 3.05) is 49.1 Å². The van der Waals surface area contributed by atoms with E-state index in [2.05, 4.69) is 53.2 Å². The van der Waals surface area contributed by atoms with Gasteiger partial charge < -0.3 is 15.0 Å². The Kier molecular flexibility index (Phi) is 9.50. The van der Waals surface area contributed by atoms with Crippen LogP contribution in [0.4, 0.5) is 11.4 Å². The third-order valence-corrected chi connectivity index (χ3v) is 8.74. The molecule has 4 aromatic carbocycles. The first kappa shape index (κ1) is 31.1. The van der Waals surface area contributed by atoms with Crippen LogP contribution in [0.2, 0.25) is 0 Å². The quantitative estimate of drug-likeness (QED) is 0.172. The average molecular weight is 615 g/mol. The number of para-hydroxylation sites is 2. The van der Waals surface area contributed by atoms with Gasteiger partial charge in [0.25, 0.3) is 11.8 Å². The largest absolute Gasteiger partial charge is 0.449 e. The molecule has 0 bridgehead atoms. The summed E-state index contributed by atoms with van der Waals surface area (Å²) in [6.07, 6.45) is 2.64. The number of hydrogen-bond donors (Lipinski definition) is 1. The van der Waals surface area contributed by atoms with E-state index in [4.69, 9.17) is 4.74 Å². The van der Waals surface area contributed by atoms with E-state index in [9.17, 15) is 9.59 Å². The summed E-state index contributed by atoms with van der Waals surface area (Å²) >= 11 is 0. The van der Waals surface area contributed by atoms with E-state index < -0.39 is 0 Å². The van der Waals surface area contributed by atoms with Crippen molar-refractivity contribution in [2.45, 2.75) is 33.7 Å². The van der Waals surface area contributed by atoms with Gasteiger partial charge in [0.15, 0.2) is 11.5 Å². The third kappa shape index (κ3) is 7.32. The second-order valence-electron chi connectivity index (χ2n) is 12.3. The first-order chi connectivity index (χ1) is 22.3. The zero-order valence-corrected chi connectivity index (χ0v) is 27.0. The number of ether oxygens (including phenoxy) is 1. The fourth-order valence-electron chi connectivity index (χ4n) is 6.17. The highest BCUT2D eigenvalue weighted by atomic mass is 16.5. The summed E-state index contributed by atoms with van der Waals surface area (Å²) in [7, 11) is 0. The molecule has 7 nitrogen and oxygen atoms in total. The van der Waals surface area contributed by atoms with Crippen LogP contribution in [0.5, 0.6) is 5.75 Å². The molecule has 0 unspecified atom stereocenters. The van der Waals surface area contributed by atoms with Gasteiger partial charge in [-0.25, -0.2) is 0 Å². The second kappa shape index (κ2) is 14.0. The maximum absolute atomic E-state index is 13.6. The topological polar surface area (TPSA) is 65.1 Å². The molecule has 236 valence electrons. The average Bonchev–Trinajstić information content (AvgIpc) is 3.07. The molecule has 0 aromatic heterocycles. The van der Waals surface area contributed by atoms with Crippen LogP contribution in [0.3, 0.4) is 0 Å². The Hall–Kier alpha value is -4.88. The molecule has 1 saturated heterocycles. The zero-order valence-electron chi connectivity index (χ0n) is 27.0. The van der Waals surface area contributed by atoms with E-state index >= 15 is 0 Å². The molecule has 2 heterocycles. The number of carbonyl (C=O) groups excluding carboxylic acids is 2. The van der Waals surface area contributed by atoms with Crippen molar-refractivity contribution in [3.8, 4) is 5.75 Å². The Labute approximate surface area is 272 Å². The summed E-state index contributed by atoms with van der Waals surface area (Å²) in [6, 6.07) is 29.7. The summed E-state index contributed by atoms with van der Waals surface area (Å²) < 4.78 is 6.06. The number of fused-ring (bicyclic) bond motifs is 1. The lowest BCUT2D eigenvalue weighted by Crippen LogP contribution is -2.47. The molecule has 0 saturated carbocycles. The fourth-order valence-corrected chi connectivity index (χ4v) is 6.17. The molecule has 4 aromatic rings. The Morgan fingerprint density at radius 2 is 1.59 bits per heavy atom. The number of benzene rings is 4. The minimum absolute atomic E-state index is 0.0952. The van der Waals surface area contributed by atoms with Gasteiger partial charge in [0.1, 0.15) is 0 Å². The smallest absolute Gasteiger partial charge is 0.294 e. The highest BCUT2D eigenvalue weighted by Gasteiger charge is 2.30. The number of piperazine rings is 1. The van der Waals surface area contributed by atoms with Crippen molar-refractivity contribution in [3.05, 3.63) is 130 Å². The normalized spacial score (nSPS) is 15.9. The minimum atomic E-state index is -0.200. The Bertz CT molecular complexity index is 1740. The molecule has 0 atom stereocenters. The highest BCUT2D eigenvalue weighted by molar-refractivity contribution is 6.09. The van der Waals surface area contributed by atoms with Gasteiger partial charge >= 0.3 is 0 Å². The van der Waals surface area contributed by atoms with Crippen LogP contribution in [-0.2, 0) is 11.3 Å². The number of anilines is 2. The Morgan fingerprint density at radius 1 is 0.826 bits per heavy atom. The van der Waals surface area contributed by atoms with Crippen molar-refractivity contribution in [3.63, 3.8) is 0 Å². The summed E-state index contributed by atoms with van der Waals surface area (Å²) in [5.41, 5.74) is 8.29. The van der Waals surface area contributed by atoms with E-state index in [1.165, 1.54) is 16.8 Å². The van der Waals surface area contributed by atoms with Crippen molar-refractivity contribution in [1.82, 2.24) is 10.2 Å². The van der Waals surface area contributed by atoms with Gasteiger partial charge in [-0.1, -0.05) is 66.2 Å². The summed E-state index contributed by atoms with van der Waals surface area (Å²) in [5.74, 6) is 0.592. The predicted octanol–water partition coefficient (Wildman–Crippen LogP) is 6.52. The number of amides is 2. The lowest BCUT2D eigenvalue weighted by molar-refractivity contribution is -0.117. The van der Waals surface area contributed by atoms with Crippen molar-refractivity contribution in [1.29, 1.82) is 0 Å². The molecular weight excluding hydrogens is 572 g/mol. The number of nitrogens with zero attached hydrogens (tertiary/aromatic N) is 3. The Balaban J connectivity index is 1.01. The van der Waals surface area contributed by atoms with Crippen molar-refractivity contribution >= 4 is 29.3 Å². The summed E-state index contributed by atoms with van der Waals surface area (Å²) in [6.45, 7) is 12.5. The van der Waals surface area contributed by atoms with Crippen LogP contribution in [0.15, 0.2) is 96.8 Å². The molecule has 0 radical (unpaired) electrons. The van der Waals surface area contributed by atoms with Gasteiger partial charge in [0.05, 0.1) is 12.2 Å². The highest BCUT2D eigenvalue weighted by Crippen LogP contribution is 2.36. The van der Waals surface area contributed by atoms with Crippen LogP contribution in [0.1, 0.15) is 44.6 Å². The van der Waals surface area contributed by atoms with E-state index in [0.29, 0.717) is 24.4 Å². The van der Waals surface area contributed by atoms with Crippen LogP contribution < -0.4 is 19.9 Å². The first-order valence-corrected chi connectivity index (χ1v) is 16.1. The van der Waals surface area contributed by atoms with E-state index in [1.807, 2.05) is 61.5 Å². The summed E-state index contributed by atoms with van der Waals surface area (Å²) in [5, 5.41) is 3.06. The van der Waals surface area contributed by atoms with Crippen LogP contribution >= 0.6 is 0 Å². The van der Waals surface area contributed by atoms with Crippen molar-refractivity contribution < 1.29 is 14.3 Å². The van der Waals surface area contributed by atoms with Crippen LogP contribution in [0.25, 0.3) is 6.08 Å². The minimum Gasteiger partial charge on any atom is -0.449 e. The summed E-state index contributed by atoms with van der Waals surface area (Å²) in [4.78, 5) is 33.2. The molecule has 1 fully saturated rings. The maximum Gasteiger partial charge on any atom is 0.294 e. The van der Waals surface area contributed by atoms with Gasteiger partial charge in [-0.3, -0.25) is 19.4 Å². The van der Waals surface area contributed by atoms with Crippen LogP contribution in [0, 0.1) is 20.8 Å². The molecule has 2 aliphatic heterocycles. The first-order valence-electron chi connectivity index (χ1n) is 16.1. The molecule has 6 rings (SSSR count). The van der Waals surface area contributed by atoms with Gasteiger partial charge in [0.2, 0.25) is 0 Å². The van der Waals surface area contributed by atoms with E-state index in [-0.39, 0.29) is 17.6 Å². The SMILES string of the molecule is Cc1cccc(CN2C(=O)/C(=C\c3ccc(C(=O)NCCCN4CCN(c5cc(C)ccc5C)CC4)cc3)Oc3ccccc32)c1. The van der Waals surface area contributed by atoms with E-state index in [0.717, 1.165) is 61.5 Å². The third-order valence-electron chi connectivity index (χ3n) is 8.74. The number of hydrogen-bond acceptors (Lipinski definition) is 5. The van der Waals surface area contributed by atoms with Gasteiger partial charge in [-0.2, -0.15) is 0 Å². The molecule has 7 heteroatoms. The van der Waals surface area contributed by atoms with Gasteiger partial charge in [-0.05, 0) is 92.4 Å². The fraction of sp³-hybridized carbons (Fsp3) is 0.282. The molecule has 0 aliphatic carbocycles. The number of rotatable bonds is 9. The molecule has 1 N–H and O–H groups in total. The molecular formula is C39H42N4O3. The predicted molar refractivity (Wildman–Crippen MR) is 185 cm³/mol. The van der Waals surface area contributed by atoms with Gasteiger partial charge in [0, 0.05) is 44.0 Å². The van der Waals surface area contributed by atoms with Crippen molar-refractivity contribution in [2.24, 2.45) is 0 Å². The van der Waals surface area contributed by atoms with Crippen LogP contribution in [-0.4, -0.2) is 56.0 Å². The lowest BCUT2D eigenvalue weighted by Gasteiger charge is -2.37. The number of aryl methyl sites for hydroxylation is 3. The van der Waals surface area contributed by atoms with E-state index in [1.54, 1.807) is 23.1 Å². The Morgan fingerprint density at radius 3 is 2.37 bits per heavy atom. The monoisotopic (exact) mass is 614 g/mol. The number of carbonyl (C=O) groups is 2. The lowest BCUT2D eigenvalue weighted by atomic mass is 10.1. The maximum atomic E-state index is 13.6. The molecule has 2 amide bonds. The zero-order chi connectivity index (χ0) is 32.0. The standard InChI is InChI=1S/C39H42N4O3/c1-28-8-6-9-32(24-28)27-43-34-10-4-5-11-36(34)46-37(39(43)45)26-31-14-16-33(17-15-31)38(44)40-18-7-19-41-20-22-42(23-21-41)35-25-29(2)12-13-30(35)3/h4-6,8-17,24-26H,7,18-23,27H2,1-3H3,(H,40,44)/b37-26+. The molecule has 0 spiro atoms. The molecule has 2 aliphatic rings. The van der Waals surface area contributed by atoms with Gasteiger partial charge in [-0.15, -0.1) is 0 Å².